The molecule has 0 fully saturated rings. The van der Waals surface area contributed by atoms with E-state index >= 15 is 0 Å². The first-order chi connectivity index (χ1) is 10.0. The lowest BCUT2D eigenvalue weighted by Crippen LogP contribution is -2.15. The summed E-state index contributed by atoms with van der Waals surface area (Å²) in [6.45, 7) is 2.28. The van der Waals surface area contributed by atoms with Crippen molar-refractivity contribution in [3.05, 3.63) is 57.3 Å². The summed E-state index contributed by atoms with van der Waals surface area (Å²) in [6.07, 6.45) is 0. The maximum Gasteiger partial charge on any atom is 0.260 e. The Kier molecular flexibility index (Phi) is 5.20. The summed E-state index contributed by atoms with van der Waals surface area (Å²) in [5.74, 6) is -0.802. The van der Waals surface area contributed by atoms with Crippen molar-refractivity contribution in [2.24, 2.45) is 0 Å². The molecule has 0 radical (unpaired) electrons. The van der Waals surface area contributed by atoms with Gasteiger partial charge in [-0.25, -0.2) is 4.39 Å². The number of benzene rings is 2. The molecule has 2 aromatic carbocycles. The molecule has 0 aliphatic carbocycles. The van der Waals surface area contributed by atoms with Gasteiger partial charge in [0.05, 0.1) is 22.9 Å². The molecule has 0 aromatic heterocycles. The summed E-state index contributed by atoms with van der Waals surface area (Å²) in [6, 6.07) is 9.24. The van der Waals surface area contributed by atoms with E-state index in [-0.39, 0.29) is 10.6 Å². The molecule has 0 heterocycles. The molecule has 110 valence electrons. The lowest BCUT2D eigenvalue weighted by Gasteiger charge is -2.12. The zero-order valence-electron chi connectivity index (χ0n) is 11.1. The number of halogens is 3. The fraction of sp³-hybridized carbons (Fsp3) is 0.133. The van der Waals surface area contributed by atoms with E-state index in [1.165, 1.54) is 18.2 Å². The zero-order chi connectivity index (χ0) is 15.4. The second-order valence-electron chi connectivity index (χ2n) is 4.12. The lowest BCUT2D eigenvalue weighted by atomic mass is 10.2. The number of nitrogens with one attached hydrogen (secondary N) is 1. The second kappa shape index (κ2) is 6.91. The van der Waals surface area contributed by atoms with Crippen LogP contribution in [0, 0.1) is 5.82 Å². The molecule has 0 aliphatic rings. The van der Waals surface area contributed by atoms with Crippen LogP contribution < -0.4 is 10.1 Å². The van der Waals surface area contributed by atoms with E-state index in [4.69, 9.17) is 16.3 Å². The summed E-state index contributed by atoms with van der Waals surface area (Å²) >= 11 is 9.20. The highest BCUT2D eigenvalue weighted by Gasteiger charge is 2.17. The van der Waals surface area contributed by atoms with Gasteiger partial charge >= 0.3 is 0 Å². The molecule has 0 unspecified atom stereocenters. The highest BCUT2D eigenvalue weighted by molar-refractivity contribution is 9.10. The largest absolute Gasteiger partial charge is 0.492 e. The van der Waals surface area contributed by atoms with Crippen LogP contribution in [-0.2, 0) is 0 Å². The highest BCUT2D eigenvalue weighted by Crippen LogP contribution is 2.29. The molecule has 0 saturated carbocycles. The number of carbonyl (C=O) groups excluding carboxylic acids is 1. The molecular formula is C15H12BrClFNO2. The highest BCUT2D eigenvalue weighted by atomic mass is 79.9. The first kappa shape index (κ1) is 15.8. The average Bonchev–Trinajstić information content (AvgIpc) is 2.42. The van der Waals surface area contributed by atoms with Crippen molar-refractivity contribution in [1.82, 2.24) is 0 Å². The molecule has 0 aliphatic heterocycles. The topological polar surface area (TPSA) is 38.3 Å². The van der Waals surface area contributed by atoms with Gasteiger partial charge in [-0.05, 0) is 37.3 Å². The summed E-state index contributed by atoms with van der Waals surface area (Å²) in [7, 11) is 0. The molecule has 2 aromatic rings. The van der Waals surface area contributed by atoms with Gasteiger partial charge in [0.15, 0.2) is 0 Å². The molecular weight excluding hydrogens is 361 g/mol. The van der Waals surface area contributed by atoms with Gasteiger partial charge in [0.1, 0.15) is 11.6 Å². The normalized spacial score (nSPS) is 10.3. The van der Waals surface area contributed by atoms with Crippen LogP contribution in [0.4, 0.5) is 10.1 Å². The van der Waals surface area contributed by atoms with Gasteiger partial charge in [-0.15, -0.1) is 0 Å². The van der Waals surface area contributed by atoms with Gasteiger partial charge in [0.2, 0.25) is 0 Å². The Hall–Kier alpha value is -1.59. The van der Waals surface area contributed by atoms with Crippen LogP contribution >= 0.6 is 27.5 Å². The van der Waals surface area contributed by atoms with Crippen LogP contribution in [0.5, 0.6) is 5.75 Å². The van der Waals surface area contributed by atoms with Gasteiger partial charge in [0.25, 0.3) is 5.91 Å². The Bertz CT molecular complexity index is 658. The number of anilines is 1. The minimum absolute atomic E-state index is 0.0579. The van der Waals surface area contributed by atoms with Crippen molar-refractivity contribution in [2.45, 2.75) is 6.92 Å². The molecule has 0 bridgehead atoms. The molecule has 21 heavy (non-hydrogen) atoms. The molecule has 2 rings (SSSR count). The van der Waals surface area contributed by atoms with E-state index in [2.05, 4.69) is 21.2 Å². The summed E-state index contributed by atoms with van der Waals surface area (Å²) < 4.78 is 20.0. The number of amides is 1. The van der Waals surface area contributed by atoms with Crippen LogP contribution in [0.2, 0.25) is 5.02 Å². The lowest BCUT2D eigenvalue weighted by molar-refractivity contribution is 0.102. The standard InChI is InChI=1S/C15H12BrClFNO2/c1-2-21-13-8-9(16)6-7-12(13)19-15(20)14-10(17)4-3-5-11(14)18/h3-8H,2H2,1H3,(H,19,20). The molecule has 0 saturated heterocycles. The summed E-state index contributed by atoms with van der Waals surface area (Å²) in [4.78, 5) is 12.2. The van der Waals surface area contributed by atoms with Crippen molar-refractivity contribution in [2.75, 3.05) is 11.9 Å². The number of hydrogen-bond acceptors (Lipinski definition) is 2. The Labute approximate surface area is 135 Å². The Morgan fingerprint density at radius 2 is 2.14 bits per heavy atom. The van der Waals surface area contributed by atoms with Gasteiger partial charge < -0.3 is 10.1 Å². The van der Waals surface area contributed by atoms with Gasteiger partial charge in [-0.2, -0.15) is 0 Å². The summed E-state index contributed by atoms with van der Waals surface area (Å²) in [5.41, 5.74) is 0.258. The van der Waals surface area contributed by atoms with E-state index < -0.39 is 11.7 Å². The van der Waals surface area contributed by atoms with Crippen LogP contribution in [0.3, 0.4) is 0 Å². The first-order valence-corrected chi connectivity index (χ1v) is 7.37. The minimum atomic E-state index is -0.671. The van der Waals surface area contributed by atoms with Gasteiger partial charge in [0, 0.05) is 4.47 Å². The van der Waals surface area contributed by atoms with Crippen molar-refractivity contribution in [1.29, 1.82) is 0 Å². The quantitative estimate of drug-likeness (QED) is 0.829. The number of rotatable bonds is 4. The van der Waals surface area contributed by atoms with Crippen molar-refractivity contribution >= 4 is 39.1 Å². The van der Waals surface area contributed by atoms with Crippen LogP contribution in [0.25, 0.3) is 0 Å². The fourth-order valence-corrected chi connectivity index (χ4v) is 2.36. The van der Waals surface area contributed by atoms with Crippen LogP contribution in [0.1, 0.15) is 17.3 Å². The molecule has 3 nitrogen and oxygen atoms in total. The molecule has 0 atom stereocenters. The van der Waals surface area contributed by atoms with E-state index in [9.17, 15) is 9.18 Å². The predicted molar refractivity (Wildman–Crippen MR) is 84.7 cm³/mol. The van der Waals surface area contributed by atoms with Crippen molar-refractivity contribution < 1.29 is 13.9 Å². The second-order valence-corrected chi connectivity index (χ2v) is 5.45. The third-order valence-corrected chi connectivity index (χ3v) is 3.49. The van der Waals surface area contributed by atoms with E-state index in [1.54, 1.807) is 18.2 Å². The smallest absolute Gasteiger partial charge is 0.260 e. The molecule has 1 N–H and O–H groups in total. The summed E-state index contributed by atoms with van der Waals surface area (Å²) in [5, 5.41) is 2.67. The predicted octanol–water partition coefficient (Wildman–Crippen LogP) is 4.89. The fourth-order valence-electron chi connectivity index (χ4n) is 1.77. The van der Waals surface area contributed by atoms with E-state index in [1.807, 2.05) is 6.92 Å². The average molecular weight is 373 g/mol. The Balaban J connectivity index is 2.32. The zero-order valence-corrected chi connectivity index (χ0v) is 13.5. The van der Waals surface area contributed by atoms with E-state index in [0.29, 0.717) is 18.0 Å². The van der Waals surface area contributed by atoms with Crippen LogP contribution in [0.15, 0.2) is 40.9 Å². The molecule has 6 heteroatoms. The third-order valence-electron chi connectivity index (χ3n) is 2.68. The number of carbonyl (C=O) groups is 1. The van der Waals surface area contributed by atoms with Gasteiger partial charge in [-0.1, -0.05) is 33.6 Å². The third kappa shape index (κ3) is 3.74. The van der Waals surface area contributed by atoms with Crippen molar-refractivity contribution in [3.8, 4) is 5.75 Å². The molecule has 0 spiro atoms. The maximum atomic E-state index is 13.7. The first-order valence-electron chi connectivity index (χ1n) is 6.20. The van der Waals surface area contributed by atoms with Crippen molar-refractivity contribution in [3.63, 3.8) is 0 Å². The van der Waals surface area contributed by atoms with Gasteiger partial charge in [-0.3, -0.25) is 4.79 Å². The number of hydrogen-bond donors (Lipinski definition) is 1. The SMILES string of the molecule is CCOc1cc(Br)ccc1NC(=O)c1c(F)cccc1Cl. The maximum absolute atomic E-state index is 13.7. The minimum Gasteiger partial charge on any atom is -0.492 e. The monoisotopic (exact) mass is 371 g/mol. The van der Waals surface area contributed by atoms with Crippen LogP contribution in [-0.4, -0.2) is 12.5 Å². The van der Waals surface area contributed by atoms with E-state index in [0.717, 1.165) is 4.47 Å². The number of ether oxygens (including phenoxy) is 1. The molecule has 1 amide bonds. The Morgan fingerprint density at radius 3 is 2.81 bits per heavy atom. The Morgan fingerprint density at radius 1 is 1.38 bits per heavy atom.